The molecule has 90 valence electrons. The largest absolute Gasteiger partial charge is 0.460 e. The molecule has 0 spiro atoms. The van der Waals surface area contributed by atoms with Gasteiger partial charge in [-0.05, 0) is 31.6 Å². The van der Waals surface area contributed by atoms with E-state index in [0.29, 0.717) is 18.4 Å². The molecule has 0 heterocycles. The number of ketones is 1. The lowest BCUT2D eigenvalue weighted by Crippen LogP contribution is -2.20. The monoisotopic (exact) mass is 224 g/mol. The molecule has 3 heteroatoms. The van der Waals surface area contributed by atoms with Crippen LogP contribution in [0.1, 0.15) is 45.4 Å². The number of fused-ring (bicyclic) bond motifs is 1. The molecule has 2 aliphatic rings. The van der Waals surface area contributed by atoms with Crippen molar-refractivity contribution in [1.82, 2.24) is 0 Å². The van der Waals surface area contributed by atoms with Crippen LogP contribution in [0.4, 0.5) is 0 Å². The van der Waals surface area contributed by atoms with Crippen LogP contribution < -0.4 is 0 Å². The molecule has 3 atom stereocenters. The highest BCUT2D eigenvalue weighted by Gasteiger charge is 2.55. The van der Waals surface area contributed by atoms with Crippen molar-refractivity contribution in [2.24, 2.45) is 17.8 Å². The van der Waals surface area contributed by atoms with E-state index in [2.05, 4.69) is 0 Å². The van der Waals surface area contributed by atoms with E-state index in [1.165, 1.54) is 25.7 Å². The summed E-state index contributed by atoms with van der Waals surface area (Å²) in [6, 6.07) is 0. The summed E-state index contributed by atoms with van der Waals surface area (Å²) in [6.07, 6.45) is 7.25. The Kier molecular flexibility index (Phi) is 3.62. The van der Waals surface area contributed by atoms with Crippen molar-refractivity contribution in [2.45, 2.75) is 45.4 Å². The van der Waals surface area contributed by atoms with Crippen molar-refractivity contribution >= 4 is 11.8 Å². The first-order chi connectivity index (χ1) is 7.75. The van der Waals surface area contributed by atoms with Crippen LogP contribution in [0.25, 0.3) is 0 Å². The fourth-order valence-electron chi connectivity index (χ4n) is 3.07. The molecule has 0 bridgehead atoms. The van der Waals surface area contributed by atoms with Gasteiger partial charge >= 0.3 is 5.97 Å². The van der Waals surface area contributed by atoms with Gasteiger partial charge < -0.3 is 4.74 Å². The normalized spacial score (nSPS) is 33.2. The third kappa shape index (κ3) is 2.28. The lowest BCUT2D eigenvalue weighted by molar-refractivity contribution is -0.154. The number of carbonyl (C=O) groups is 2. The van der Waals surface area contributed by atoms with Gasteiger partial charge in [0.2, 0.25) is 5.78 Å². The second-order valence-electron chi connectivity index (χ2n) is 4.93. The predicted molar refractivity (Wildman–Crippen MR) is 59.8 cm³/mol. The molecular weight excluding hydrogens is 204 g/mol. The zero-order valence-corrected chi connectivity index (χ0v) is 9.91. The van der Waals surface area contributed by atoms with Gasteiger partial charge in [-0.3, -0.25) is 4.79 Å². The highest BCUT2D eigenvalue weighted by molar-refractivity contribution is 6.35. The molecule has 0 saturated heterocycles. The molecule has 0 aromatic heterocycles. The molecule has 0 aliphatic heterocycles. The molecular formula is C13H20O3. The Bertz CT molecular complexity index is 271. The summed E-state index contributed by atoms with van der Waals surface area (Å²) in [5.74, 6) is 0.0876. The van der Waals surface area contributed by atoms with Crippen molar-refractivity contribution in [2.75, 3.05) is 6.61 Å². The molecule has 0 aromatic rings. The van der Waals surface area contributed by atoms with Crippen molar-refractivity contribution < 1.29 is 14.3 Å². The maximum atomic E-state index is 11.8. The first-order valence-corrected chi connectivity index (χ1v) is 6.46. The molecule has 0 amide bonds. The number of Topliss-reactive ketones (excluding diaryl/α,β-unsaturated/α-hetero) is 1. The van der Waals surface area contributed by atoms with E-state index < -0.39 is 5.97 Å². The second kappa shape index (κ2) is 4.98. The lowest BCUT2D eigenvalue weighted by atomic mass is 10.0. The highest BCUT2D eigenvalue weighted by atomic mass is 16.5. The molecule has 2 fully saturated rings. The third-order valence-electron chi connectivity index (χ3n) is 3.94. The van der Waals surface area contributed by atoms with Crippen LogP contribution in [-0.4, -0.2) is 18.4 Å². The average molecular weight is 224 g/mol. The van der Waals surface area contributed by atoms with Crippen molar-refractivity contribution in [3.05, 3.63) is 0 Å². The average Bonchev–Trinajstić information content (AvgIpc) is 2.89. The maximum absolute atomic E-state index is 11.8. The van der Waals surface area contributed by atoms with E-state index in [1.807, 2.05) is 0 Å². The topological polar surface area (TPSA) is 43.4 Å². The van der Waals surface area contributed by atoms with Crippen LogP contribution in [0.15, 0.2) is 0 Å². The molecule has 0 radical (unpaired) electrons. The minimum Gasteiger partial charge on any atom is -0.460 e. The minimum absolute atomic E-state index is 0.00264. The summed E-state index contributed by atoms with van der Waals surface area (Å²) in [5, 5.41) is 0. The number of ether oxygens (including phenoxy) is 1. The summed E-state index contributed by atoms with van der Waals surface area (Å²) < 4.78 is 4.79. The van der Waals surface area contributed by atoms with Gasteiger partial charge in [-0.15, -0.1) is 0 Å². The van der Waals surface area contributed by atoms with Crippen LogP contribution in [0.5, 0.6) is 0 Å². The number of hydrogen-bond donors (Lipinski definition) is 0. The van der Waals surface area contributed by atoms with Crippen molar-refractivity contribution in [1.29, 1.82) is 0 Å². The Morgan fingerprint density at radius 3 is 2.12 bits per heavy atom. The summed E-state index contributed by atoms with van der Waals surface area (Å²) in [7, 11) is 0. The number of rotatable bonds is 3. The second-order valence-corrected chi connectivity index (χ2v) is 4.93. The van der Waals surface area contributed by atoms with Gasteiger partial charge in [0, 0.05) is 5.92 Å². The van der Waals surface area contributed by atoms with Gasteiger partial charge in [0.1, 0.15) is 0 Å². The van der Waals surface area contributed by atoms with Gasteiger partial charge in [0.05, 0.1) is 6.61 Å². The van der Waals surface area contributed by atoms with Crippen LogP contribution in [0.2, 0.25) is 0 Å². The number of carbonyl (C=O) groups excluding carboxylic acids is 2. The quantitative estimate of drug-likeness (QED) is 0.546. The Hall–Kier alpha value is -0.860. The Balaban J connectivity index is 1.91. The zero-order valence-electron chi connectivity index (χ0n) is 9.91. The Morgan fingerprint density at radius 1 is 1.06 bits per heavy atom. The summed E-state index contributed by atoms with van der Waals surface area (Å²) >= 11 is 0. The fraction of sp³-hybridized carbons (Fsp3) is 0.846. The molecule has 0 aromatic carbocycles. The zero-order chi connectivity index (χ0) is 11.5. The van der Waals surface area contributed by atoms with E-state index in [0.717, 1.165) is 12.8 Å². The van der Waals surface area contributed by atoms with E-state index in [4.69, 9.17) is 4.74 Å². The highest BCUT2D eigenvalue weighted by Crippen LogP contribution is 2.53. The standard InChI is InChI=1S/C13H20O3/c1-2-16-13(15)12(14)11-9-7-5-3-4-6-8-10(9)11/h9-11H,2-8H2,1H3/t9-,10+,11?. The van der Waals surface area contributed by atoms with Crippen LogP contribution in [0.3, 0.4) is 0 Å². The Labute approximate surface area is 96.5 Å². The van der Waals surface area contributed by atoms with Gasteiger partial charge in [-0.1, -0.05) is 25.7 Å². The SMILES string of the molecule is CCOC(=O)C(=O)C1[C@H]2CCCCCC[C@@H]12. The van der Waals surface area contributed by atoms with E-state index in [9.17, 15) is 9.59 Å². The van der Waals surface area contributed by atoms with Gasteiger partial charge in [0.15, 0.2) is 0 Å². The van der Waals surface area contributed by atoms with Gasteiger partial charge in [-0.25, -0.2) is 4.79 Å². The van der Waals surface area contributed by atoms with E-state index in [1.54, 1.807) is 6.92 Å². The van der Waals surface area contributed by atoms with E-state index in [-0.39, 0.29) is 11.7 Å². The summed E-state index contributed by atoms with van der Waals surface area (Å²) in [5.41, 5.74) is 0. The molecule has 3 nitrogen and oxygen atoms in total. The van der Waals surface area contributed by atoms with Crippen molar-refractivity contribution in [3.8, 4) is 0 Å². The molecule has 2 rings (SSSR count). The summed E-state index contributed by atoms with van der Waals surface area (Å²) in [6.45, 7) is 2.04. The van der Waals surface area contributed by atoms with Gasteiger partial charge in [-0.2, -0.15) is 0 Å². The first kappa shape index (κ1) is 11.6. The summed E-state index contributed by atoms with van der Waals surface area (Å²) in [4.78, 5) is 23.2. The van der Waals surface area contributed by atoms with Crippen LogP contribution in [0, 0.1) is 17.8 Å². The molecule has 2 aliphatic carbocycles. The smallest absolute Gasteiger partial charge is 0.374 e. The number of hydrogen-bond acceptors (Lipinski definition) is 3. The first-order valence-electron chi connectivity index (χ1n) is 6.46. The predicted octanol–water partition coefficient (Wildman–Crippen LogP) is 2.33. The maximum Gasteiger partial charge on any atom is 0.374 e. The van der Waals surface area contributed by atoms with E-state index >= 15 is 0 Å². The number of esters is 1. The minimum atomic E-state index is -0.612. The molecule has 2 saturated carbocycles. The van der Waals surface area contributed by atoms with Gasteiger partial charge in [0.25, 0.3) is 0 Å². The Morgan fingerprint density at radius 2 is 1.62 bits per heavy atom. The third-order valence-corrected chi connectivity index (χ3v) is 3.94. The van der Waals surface area contributed by atoms with Crippen molar-refractivity contribution in [3.63, 3.8) is 0 Å². The molecule has 16 heavy (non-hydrogen) atoms. The lowest BCUT2D eigenvalue weighted by Gasteiger charge is -2.04. The van der Waals surface area contributed by atoms with Crippen LogP contribution in [-0.2, 0) is 14.3 Å². The fourth-order valence-corrected chi connectivity index (χ4v) is 3.07. The molecule has 1 unspecified atom stereocenters. The molecule has 0 N–H and O–H groups in total. The van der Waals surface area contributed by atoms with Crippen LogP contribution >= 0.6 is 0 Å².